The molecule has 1 unspecified atom stereocenters. The van der Waals surface area contributed by atoms with Gasteiger partial charge >= 0.3 is 29.6 Å². The van der Waals surface area contributed by atoms with Gasteiger partial charge in [0.25, 0.3) is 0 Å². The van der Waals surface area contributed by atoms with Gasteiger partial charge in [-0.2, -0.15) is 0 Å². The van der Waals surface area contributed by atoms with E-state index in [9.17, 15) is 0 Å². The Hall–Kier alpha value is -2.32. The van der Waals surface area contributed by atoms with Gasteiger partial charge in [0.2, 0.25) is 0 Å². The second-order valence-corrected chi connectivity index (χ2v) is 13.9. The van der Waals surface area contributed by atoms with Gasteiger partial charge in [0.15, 0.2) is 0 Å². The average Bonchev–Trinajstić information content (AvgIpc) is 3.35. The third-order valence-electron chi connectivity index (χ3n) is 9.68. The van der Waals surface area contributed by atoms with Gasteiger partial charge in [0.05, 0.1) is 6.04 Å². The van der Waals surface area contributed by atoms with Crippen LogP contribution in [0.1, 0.15) is 83.5 Å². The fourth-order valence-electron chi connectivity index (χ4n) is 7.09. The predicted octanol–water partition coefficient (Wildman–Crippen LogP) is 4.75. The molecule has 6 nitrogen and oxygen atoms in total. The van der Waals surface area contributed by atoms with Crippen LogP contribution in [0.25, 0.3) is 27.7 Å². The predicted molar refractivity (Wildman–Crippen MR) is 192 cm³/mol. The number of fused-ring (bicyclic) bond motifs is 1. The summed E-state index contributed by atoms with van der Waals surface area (Å²) in [5, 5.41) is 3.53. The van der Waals surface area contributed by atoms with Gasteiger partial charge in [-0.15, -0.1) is 25.1 Å². The van der Waals surface area contributed by atoms with Crippen LogP contribution in [0.3, 0.4) is 0 Å². The van der Waals surface area contributed by atoms with E-state index in [4.69, 9.17) is 10.7 Å². The number of allylic oxidation sites excluding steroid dienone is 1. The van der Waals surface area contributed by atoms with Crippen LogP contribution in [0, 0.1) is 11.8 Å². The van der Waals surface area contributed by atoms with Gasteiger partial charge in [-0.3, -0.25) is 9.88 Å². The van der Waals surface area contributed by atoms with Crippen LogP contribution in [0.15, 0.2) is 67.0 Å². The Bertz CT molecular complexity index is 1540. The van der Waals surface area contributed by atoms with E-state index in [1.807, 2.05) is 6.20 Å². The van der Waals surface area contributed by atoms with E-state index in [-0.39, 0.29) is 41.0 Å². The SMILES string of the molecule is C=C(C)CCC(C)(C)Cc1c(-c2cccnc2[CH-]C)n(CC)c2ccc(C3=CCCN(CC(N)C(=C)N4CCCCN4)C3)cc12.[Na+]. The molecule has 7 heteroatoms. The van der Waals surface area contributed by atoms with Gasteiger partial charge in [0, 0.05) is 62.1 Å². The van der Waals surface area contributed by atoms with E-state index in [0.29, 0.717) is 0 Å². The van der Waals surface area contributed by atoms with Crippen LogP contribution in [-0.4, -0.2) is 58.2 Å². The second kappa shape index (κ2) is 16.2. The Morgan fingerprint density at radius 2 is 1.98 bits per heavy atom. The van der Waals surface area contributed by atoms with Crippen molar-refractivity contribution in [1.82, 2.24) is 24.9 Å². The van der Waals surface area contributed by atoms with Gasteiger partial charge in [-0.25, -0.2) is 11.8 Å². The number of aromatic nitrogens is 2. The maximum absolute atomic E-state index is 6.71. The van der Waals surface area contributed by atoms with Crippen LogP contribution in [0.4, 0.5) is 0 Å². The number of hydrogen-bond donors (Lipinski definition) is 2. The Balaban J connectivity index is 0.00000480. The summed E-state index contributed by atoms with van der Waals surface area (Å²) in [4.78, 5) is 7.27. The number of hydrogen-bond acceptors (Lipinski definition) is 5. The Morgan fingerprint density at radius 1 is 1.17 bits per heavy atom. The zero-order chi connectivity index (χ0) is 32.1. The maximum atomic E-state index is 6.71. The Morgan fingerprint density at radius 3 is 2.67 bits per heavy atom. The summed E-state index contributed by atoms with van der Waals surface area (Å²) in [6.07, 6.45) is 13.0. The zero-order valence-electron chi connectivity index (χ0n) is 29.5. The summed E-state index contributed by atoms with van der Waals surface area (Å²) in [7, 11) is 0. The van der Waals surface area contributed by atoms with Crippen molar-refractivity contribution in [1.29, 1.82) is 0 Å². The standard InChI is InChI=1S/C39H55N6.Na/c1-8-36-32(15-12-20-41-36)38-34(25-39(6,7)19-18-28(3)4)33-24-30(16-17-37(33)44(38)9-2)31-14-13-22-43(26-31)27-35(40)29(5)45-23-11-10-21-42-45;/h8,12,14-17,20,24,35,42H,3,5,9-11,13,18-19,21-23,25-27,40H2,1-2,4,6-7H3;/q-1;+1. The molecular formula is C39H55N6Na. The minimum atomic E-state index is -0.0874. The van der Waals surface area contributed by atoms with E-state index < -0.39 is 0 Å². The first-order chi connectivity index (χ1) is 21.6. The first-order valence-corrected chi connectivity index (χ1v) is 17.0. The van der Waals surface area contributed by atoms with Gasteiger partial charge in [-0.1, -0.05) is 49.9 Å². The smallest absolute Gasteiger partial charge is 0.357 e. The quantitative estimate of drug-likeness (QED) is 0.162. The molecule has 5 rings (SSSR count). The van der Waals surface area contributed by atoms with Crippen molar-refractivity contribution in [2.24, 2.45) is 11.1 Å². The number of nitrogens with two attached hydrogens (primary N) is 1. The van der Waals surface area contributed by atoms with E-state index in [0.717, 1.165) is 76.3 Å². The monoisotopic (exact) mass is 630 g/mol. The molecule has 0 saturated carbocycles. The summed E-state index contributed by atoms with van der Waals surface area (Å²) in [6.45, 7) is 25.5. The van der Waals surface area contributed by atoms with Gasteiger partial charge < -0.3 is 15.3 Å². The average molecular weight is 631 g/mol. The molecule has 4 heterocycles. The van der Waals surface area contributed by atoms with Crippen molar-refractivity contribution in [3.8, 4) is 11.3 Å². The van der Waals surface area contributed by atoms with Gasteiger partial charge in [-0.05, 0) is 92.3 Å². The summed E-state index contributed by atoms with van der Waals surface area (Å²) in [6, 6.07) is 11.4. The molecule has 0 radical (unpaired) electrons. The number of nitrogens with zero attached hydrogens (tertiary/aromatic N) is 4. The Labute approximate surface area is 300 Å². The topological polar surface area (TPSA) is 62.4 Å². The largest absolute Gasteiger partial charge is 1.00 e. The van der Waals surface area contributed by atoms with Crippen molar-refractivity contribution >= 4 is 16.5 Å². The first-order valence-electron chi connectivity index (χ1n) is 17.0. The van der Waals surface area contributed by atoms with Crippen LogP contribution < -0.4 is 40.7 Å². The molecule has 46 heavy (non-hydrogen) atoms. The fourth-order valence-corrected chi connectivity index (χ4v) is 7.09. The van der Waals surface area contributed by atoms with E-state index in [1.165, 1.54) is 57.3 Å². The summed E-state index contributed by atoms with van der Waals surface area (Å²) < 4.78 is 2.51. The van der Waals surface area contributed by atoms with Crippen molar-refractivity contribution < 1.29 is 29.6 Å². The molecule has 1 aromatic carbocycles. The number of hydrazine groups is 1. The fraction of sp³-hybridized carbons (Fsp3) is 0.487. The van der Waals surface area contributed by atoms with Crippen molar-refractivity contribution in [2.45, 2.75) is 85.7 Å². The Kier molecular flexibility index (Phi) is 12.8. The second-order valence-electron chi connectivity index (χ2n) is 13.9. The number of aryl methyl sites for hydroxylation is 1. The van der Waals surface area contributed by atoms with Crippen molar-refractivity contribution in [2.75, 3.05) is 32.7 Å². The molecule has 242 valence electrons. The van der Waals surface area contributed by atoms with Crippen molar-refractivity contribution in [3.05, 3.63) is 90.3 Å². The van der Waals surface area contributed by atoms with Gasteiger partial charge in [0.1, 0.15) is 0 Å². The molecule has 3 aromatic rings. The normalized spacial score (nSPS) is 16.6. The third kappa shape index (κ3) is 8.39. The molecule has 0 amide bonds. The summed E-state index contributed by atoms with van der Waals surface area (Å²) in [5.41, 5.74) is 21.5. The molecule has 0 spiro atoms. The van der Waals surface area contributed by atoms with E-state index in [2.05, 4.69) is 111 Å². The molecule has 2 aliphatic rings. The molecule has 1 fully saturated rings. The summed E-state index contributed by atoms with van der Waals surface area (Å²) in [5.74, 6) is 0. The van der Waals surface area contributed by atoms with Crippen LogP contribution in [0.2, 0.25) is 0 Å². The molecule has 3 N–H and O–H groups in total. The molecule has 2 aromatic heterocycles. The van der Waals surface area contributed by atoms with Crippen molar-refractivity contribution in [3.63, 3.8) is 0 Å². The van der Waals surface area contributed by atoms with Crippen LogP contribution in [0.5, 0.6) is 0 Å². The maximum Gasteiger partial charge on any atom is 1.00 e. The minimum Gasteiger partial charge on any atom is -0.357 e. The number of benzene rings is 1. The molecule has 1 atom stereocenters. The zero-order valence-corrected chi connectivity index (χ0v) is 31.5. The van der Waals surface area contributed by atoms with E-state index in [1.54, 1.807) is 0 Å². The first kappa shape index (κ1) is 36.5. The minimum absolute atomic E-state index is 0. The molecule has 1 saturated heterocycles. The molecule has 2 aliphatic heterocycles. The molecular weight excluding hydrogens is 575 g/mol. The van der Waals surface area contributed by atoms with Crippen LogP contribution >= 0.6 is 0 Å². The van der Waals surface area contributed by atoms with Crippen LogP contribution in [-0.2, 0) is 13.0 Å². The third-order valence-corrected chi connectivity index (χ3v) is 9.68. The molecule has 0 bridgehead atoms. The number of rotatable bonds is 13. The summed E-state index contributed by atoms with van der Waals surface area (Å²) >= 11 is 0. The number of nitrogens with one attached hydrogen (secondary N) is 1. The van der Waals surface area contributed by atoms with E-state index >= 15 is 0 Å². The number of pyridine rings is 1. The molecule has 0 aliphatic carbocycles.